The molecule has 0 saturated carbocycles. The van der Waals surface area contributed by atoms with Crippen LogP contribution in [0.15, 0.2) is 50.5 Å². The molecule has 1 aromatic heterocycles. The first-order valence-electron chi connectivity index (χ1n) is 6.74. The van der Waals surface area contributed by atoms with Gasteiger partial charge in [-0.1, -0.05) is 12.1 Å². The van der Waals surface area contributed by atoms with Crippen molar-refractivity contribution in [1.82, 2.24) is 4.98 Å². The van der Waals surface area contributed by atoms with Gasteiger partial charge in [0.1, 0.15) is 0 Å². The number of sulfonamides is 1. The summed E-state index contributed by atoms with van der Waals surface area (Å²) in [4.78, 5) is 24.3. The average Bonchev–Trinajstić information content (AvgIpc) is 2.88. The number of H-pyrrole nitrogens is 1. The zero-order valence-corrected chi connectivity index (χ0v) is 13.1. The zero-order chi connectivity index (χ0) is 17.5. The molecule has 0 spiro atoms. The number of oxazole rings is 1. The van der Waals surface area contributed by atoms with Crippen LogP contribution in [-0.4, -0.2) is 19.4 Å². The highest BCUT2D eigenvalue weighted by Crippen LogP contribution is 2.23. The monoisotopic (exact) mass is 347 g/mol. The van der Waals surface area contributed by atoms with E-state index < -0.39 is 21.7 Å². The maximum absolute atomic E-state index is 12.5. The molecule has 2 aromatic carbocycles. The lowest BCUT2D eigenvalue weighted by Crippen LogP contribution is -2.22. The largest absolute Gasteiger partial charge is 0.545 e. The Kier molecular flexibility index (Phi) is 3.64. The number of fused-ring (bicyclic) bond motifs is 1. The minimum Gasteiger partial charge on any atom is -0.545 e. The van der Waals surface area contributed by atoms with Crippen molar-refractivity contribution in [2.75, 3.05) is 4.72 Å². The van der Waals surface area contributed by atoms with E-state index in [9.17, 15) is 23.1 Å². The van der Waals surface area contributed by atoms with Gasteiger partial charge in [0.2, 0.25) is 0 Å². The van der Waals surface area contributed by atoms with Gasteiger partial charge in [-0.2, -0.15) is 0 Å². The molecule has 0 fully saturated rings. The molecule has 3 aromatic rings. The number of rotatable bonds is 4. The Balaban J connectivity index is 2.02. The lowest BCUT2D eigenvalue weighted by molar-refractivity contribution is -0.255. The van der Waals surface area contributed by atoms with Gasteiger partial charge in [-0.3, -0.25) is 9.71 Å². The van der Waals surface area contributed by atoms with E-state index in [1.165, 1.54) is 36.4 Å². The molecule has 0 aliphatic heterocycles. The number of aromatic amines is 1. The van der Waals surface area contributed by atoms with Gasteiger partial charge >= 0.3 is 5.76 Å². The normalized spacial score (nSPS) is 11.5. The number of aromatic nitrogens is 1. The number of benzene rings is 2. The van der Waals surface area contributed by atoms with Crippen molar-refractivity contribution in [3.63, 3.8) is 0 Å². The number of aryl methyl sites for hydroxylation is 1. The van der Waals surface area contributed by atoms with Crippen LogP contribution in [0.1, 0.15) is 15.9 Å². The van der Waals surface area contributed by atoms with Crippen molar-refractivity contribution in [3.05, 3.63) is 58.1 Å². The molecule has 9 heteroatoms. The van der Waals surface area contributed by atoms with Gasteiger partial charge in [0.15, 0.2) is 5.58 Å². The molecule has 24 heavy (non-hydrogen) atoms. The van der Waals surface area contributed by atoms with Crippen LogP contribution >= 0.6 is 0 Å². The van der Waals surface area contributed by atoms with E-state index in [4.69, 9.17) is 4.42 Å². The molecule has 2 N–H and O–H groups in total. The van der Waals surface area contributed by atoms with Gasteiger partial charge in [0.05, 0.1) is 22.1 Å². The lowest BCUT2D eigenvalue weighted by atomic mass is 10.1. The van der Waals surface area contributed by atoms with Gasteiger partial charge < -0.3 is 14.3 Å². The summed E-state index contributed by atoms with van der Waals surface area (Å²) in [6, 6.07) is 7.87. The predicted octanol–water partition coefficient (Wildman–Crippen LogP) is 0.594. The van der Waals surface area contributed by atoms with Gasteiger partial charge in [0, 0.05) is 6.07 Å². The van der Waals surface area contributed by atoms with Gasteiger partial charge in [0.25, 0.3) is 10.0 Å². The van der Waals surface area contributed by atoms with Crippen LogP contribution in [0.25, 0.3) is 11.1 Å². The van der Waals surface area contributed by atoms with Crippen LogP contribution < -0.4 is 15.6 Å². The molecular weight excluding hydrogens is 336 g/mol. The van der Waals surface area contributed by atoms with Crippen LogP contribution in [-0.2, 0) is 10.0 Å². The highest BCUT2D eigenvalue weighted by Gasteiger charge is 2.17. The summed E-state index contributed by atoms with van der Waals surface area (Å²) in [5, 5.41) is 10.9. The summed E-state index contributed by atoms with van der Waals surface area (Å²) in [7, 11) is -4.00. The summed E-state index contributed by atoms with van der Waals surface area (Å²) in [6.07, 6.45) is 0. The first-order valence-corrected chi connectivity index (χ1v) is 8.22. The van der Waals surface area contributed by atoms with Crippen molar-refractivity contribution < 1.29 is 22.7 Å². The Morgan fingerprint density at radius 2 is 1.96 bits per heavy atom. The Hall–Kier alpha value is -3.07. The fourth-order valence-corrected chi connectivity index (χ4v) is 3.29. The van der Waals surface area contributed by atoms with E-state index in [2.05, 4.69) is 9.71 Å². The molecule has 1 heterocycles. The van der Waals surface area contributed by atoms with Crippen molar-refractivity contribution in [3.8, 4) is 0 Å². The van der Waals surface area contributed by atoms with Crippen molar-refractivity contribution >= 4 is 32.8 Å². The summed E-state index contributed by atoms with van der Waals surface area (Å²) >= 11 is 0. The summed E-state index contributed by atoms with van der Waals surface area (Å²) in [5.41, 5.74) is 0.979. The minimum absolute atomic E-state index is 0.100. The summed E-state index contributed by atoms with van der Waals surface area (Å²) in [6.45, 7) is 1.63. The first-order chi connectivity index (χ1) is 11.3. The van der Waals surface area contributed by atoms with Crippen LogP contribution in [0.3, 0.4) is 0 Å². The maximum Gasteiger partial charge on any atom is 0.417 e. The maximum atomic E-state index is 12.5. The molecule has 0 aliphatic carbocycles. The molecule has 8 nitrogen and oxygen atoms in total. The minimum atomic E-state index is -4.00. The van der Waals surface area contributed by atoms with Crippen molar-refractivity contribution in [2.45, 2.75) is 11.8 Å². The molecule has 0 radical (unpaired) electrons. The van der Waals surface area contributed by atoms with E-state index in [0.29, 0.717) is 11.1 Å². The number of nitrogens with one attached hydrogen (secondary N) is 2. The number of anilines is 1. The number of carboxylic acids is 1. The first kappa shape index (κ1) is 15.8. The Labute approximate surface area is 135 Å². The number of carboxylic acid groups (broad SMARTS) is 1. The number of carbonyl (C=O) groups excluding carboxylic acids is 1. The van der Waals surface area contributed by atoms with Gasteiger partial charge in [-0.15, -0.1) is 0 Å². The number of aromatic carboxylic acids is 1. The summed E-state index contributed by atoms with van der Waals surface area (Å²) < 4.78 is 32.1. The number of carbonyl (C=O) groups is 1. The molecular formula is C15H11N2O6S-. The molecule has 0 bridgehead atoms. The summed E-state index contributed by atoms with van der Waals surface area (Å²) in [5.74, 6) is -2.10. The van der Waals surface area contributed by atoms with E-state index in [1.54, 1.807) is 6.92 Å². The Morgan fingerprint density at radius 1 is 1.21 bits per heavy atom. The number of hydrogen-bond donors (Lipinski definition) is 2. The lowest BCUT2D eigenvalue weighted by Gasteiger charge is -2.12. The highest BCUT2D eigenvalue weighted by molar-refractivity contribution is 7.92. The second-order valence-electron chi connectivity index (χ2n) is 5.10. The molecule has 0 atom stereocenters. The third-order valence-electron chi connectivity index (χ3n) is 3.42. The van der Waals surface area contributed by atoms with Crippen LogP contribution in [0, 0.1) is 6.92 Å². The smallest absolute Gasteiger partial charge is 0.417 e. The van der Waals surface area contributed by atoms with E-state index in [1.807, 2.05) is 0 Å². The molecule has 3 rings (SSSR count). The van der Waals surface area contributed by atoms with Crippen molar-refractivity contribution in [2.24, 2.45) is 0 Å². The van der Waals surface area contributed by atoms with Gasteiger partial charge in [-0.05, 0) is 36.2 Å². The Bertz CT molecular complexity index is 1110. The molecule has 0 saturated heterocycles. The number of hydrogen-bond acceptors (Lipinski definition) is 6. The van der Waals surface area contributed by atoms with E-state index in [0.717, 1.165) is 0 Å². The molecule has 0 amide bonds. The van der Waals surface area contributed by atoms with E-state index >= 15 is 0 Å². The second-order valence-corrected chi connectivity index (χ2v) is 6.78. The van der Waals surface area contributed by atoms with Crippen LogP contribution in [0.5, 0.6) is 0 Å². The quantitative estimate of drug-likeness (QED) is 0.710. The highest BCUT2D eigenvalue weighted by atomic mass is 32.2. The van der Waals surface area contributed by atoms with Gasteiger partial charge in [-0.25, -0.2) is 13.2 Å². The van der Waals surface area contributed by atoms with Crippen molar-refractivity contribution in [1.29, 1.82) is 0 Å². The fraction of sp³-hybridized carbons (Fsp3) is 0.0667. The van der Waals surface area contributed by atoms with E-state index in [-0.39, 0.29) is 21.7 Å². The molecule has 0 aliphatic rings. The molecule has 124 valence electrons. The predicted molar refractivity (Wildman–Crippen MR) is 83.2 cm³/mol. The van der Waals surface area contributed by atoms with Crippen LogP contribution in [0.2, 0.25) is 0 Å². The SMILES string of the molecule is Cc1ccc(C(=O)[O-])cc1NS(=O)(=O)c1ccc2[nH]c(=O)oc2c1. The fourth-order valence-electron chi connectivity index (χ4n) is 2.16. The zero-order valence-electron chi connectivity index (χ0n) is 12.3. The van der Waals surface area contributed by atoms with Crippen LogP contribution in [0.4, 0.5) is 5.69 Å². The second kappa shape index (κ2) is 5.53. The third-order valence-corrected chi connectivity index (χ3v) is 4.78. The Morgan fingerprint density at radius 3 is 2.67 bits per heavy atom. The topological polar surface area (TPSA) is 132 Å². The third kappa shape index (κ3) is 2.88. The molecule has 0 unspecified atom stereocenters. The standard InChI is InChI=1S/C15H12N2O6S/c1-8-2-3-9(14(18)19)6-12(8)17-24(21,22)10-4-5-11-13(7-10)23-15(20)16-11/h2-7,17H,1H3,(H,16,20)(H,18,19)/p-1. The average molecular weight is 347 g/mol.